The number of aromatic nitrogens is 5. The van der Waals surface area contributed by atoms with E-state index >= 15 is 0 Å². The number of H-pyrrole nitrogens is 2. The standard InChI is InChI=1S/C36H29FN6O3S/c1-47(45,46)11-10-23-12-24(15-27(37)13-23)29-8-5-9-32-30(29)18-33(41-32)35-31-17-26(20-39-36(31)43-42-35)25-16-28(21-38-19-25)40-34(44)14-22-6-3-2-4-7-22/h2-9,12-13,15-21,41H,10-11,14H2,1H3,(H,40,44)(H,39,42,43). The number of carbonyl (C=O) groups is 1. The molecule has 0 atom stereocenters. The van der Waals surface area contributed by atoms with Crippen molar-refractivity contribution in [3.05, 3.63) is 120 Å². The minimum Gasteiger partial charge on any atom is -0.353 e. The molecule has 3 N–H and O–H groups in total. The van der Waals surface area contributed by atoms with E-state index in [2.05, 4.69) is 30.5 Å². The van der Waals surface area contributed by atoms with Crippen LogP contribution in [0.2, 0.25) is 0 Å². The summed E-state index contributed by atoms with van der Waals surface area (Å²) in [4.78, 5) is 25.0. The number of fused-ring (bicyclic) bond motifs is 2. The van der Waals surface area contributed by atoms with E-state index in [0.717, 1.165) is 49.9 Å². The maximum absolute atomic E-state index is 14.7. The number of rotatable bonds is 9. The summed E-state index contributed by atoms with van der Waals surface area (Å²) >= 11 is 0. The number of amides is 1. The number of pyridine rings is 2. The summed E-state index contributed by atoms with van der Waals surface area (Å²) in [5.74, 6) is -0.616. The fourth-order valence-electron chi connectivity index (χ4n) is 5.71. The molecule has 4 heterocycles. The van der Waals surface area contributed by atoms with E-state index in [1.165, 1.54) is 18.4 Å². The lowest BCUT2D eigenvalue weighted by Crippen LogP contribution is -2.14. The van der Waals surface area contributed by atoms with Gasteiger partial charge in [-0.05, 0) is 65.1 Å². The van der Waals surface area contributed by atoms with E-state index in [1.54, 1.807) is 18.6 Å². The van der Waals surface area contributed by atoms with Crippen LogP contribution in [0, 0.1) is 5.82 Å². The van der Waals surface area contributed by atoms with Crippen molar-refractivity contribution in [2.24, 2.45) is 0 Å². The summed E-state index contributed by atoms with van der Waals surface area (Å²) in [6, 6.07) is 25.8. The van der Waals surface area contributed by atoms with Gasteiger partial charge in [0.25, 0.3) is 0 Å². The predicted octanol–water partition coefficient (Wildman–Crippen LogP) is 6.74. The van der Waals surface area contributed by atoms with Crippen LogP contribution in [0.3, 0.4) is 0 Å². The number of aromatic amines is 2. The van der Waals surface area contributed by atoms with E-state index in [4.69, 9.17) is 0 Å². The first-order valence-electron chi connectivity index (χ1n) is 14.9. The zero-order valence-corrected chi connectivity index (χ0v) is 26.1. The van der Waals surface area contributed by atoms with E-state index in [1.807, 2.05) is 72.8 Å². The fourth-order valence-corrected chi connectivity index (χ4v) is 6.32. The van der Waals surface area contributed by atoms with Crippen LogP contribution >= 0.6 is 0 Å². The molecule has 11 heteroatoms. The van der Waals surface area contributed by atoms with Gasteiger partial charge >= 0.3 is 0 Å². The molecule has 0 saturated heterocycles. The van der Waals surface area contributed by atoms with Crippen molar-refractivity contribution < 1.29 is 17.6 Å². The van der Waals surface area contributed by atoms with Gasteiger partial charge < -0.3 is 10.3 Å². The summed E-state index contributed by atoms with van der Waals surface area (Å²) in [7, 11) is -3.19. The minimum atomic E-state index is -3.19. The van der Waals surface area contributed by atoms with Crippen LogP contribution in [0.5, 0.6) is 0 Å². The number of anilines is 1. The van der Waals surface area contributed by atoms with Crippen molar-refractivity contribution in [2.75, 3.05) is 17.3 Å². The smallest absolute Gasteiger partial charge is 0.228 e. The van der Waals surface area contributed by atoms with Gasteiger partial charge in [0.15, 0.2) is 5.65 Å². The van der Waals surface area contributed by atoms with E-state index in [0.29, 0.717) is 22.5 Å². The number of hydrogen-bond acceptors (Lipinski definition) is 6. The van der Waals surface area contributed by atoms with E-state index in [9.17, 15) is 17.6 Å². The second kappa shape index (κ2) is 12.3. The maximum Gasteiger partial charge on any atom is 0.228 e. The third-order valence-electron chi connectivity index (χ3n) is 7.94. The Morgan fingerprint density at radius 3 is 2.51 bits per heavy atom. The molecule has 0 unspecified atom stereocenters. The number of nitrogens with one attached hydrogen (secondary N) is 3. The lowest BCUT2D eigenvalue weighted by Gasteiger charge is -2.08. The molecule has 0 aliphatic carbocycles. The first-order chi connectivity index (χ1) is 22.7. The second-order valence-corrected chi connectivity index (χ2v) is 13.8. The van der Waals surface area contributed by atoms with Crippen LogP contribution in [-0.2, 0) is 27.5 Å². The predicted molar refractivity (Wildman–Crippen MR) is 182 cm³/mol. The van der Waals surface area contributed by atoms with Crippen LogP contribution in [-0.4, -0.2) is 51.5 Å². The van der Waals surface area contributed by atoms with Gasteiger partial charge in [0.2, 0.25) is 5.91 Å². The van der Waals surface area contributed by atoms with Gasteiger partial charge in [-0.2, -0.15) is 5.10 Å². The summed E-state index contributed by atoms with van der Waals surface area (Å²) in [6.45, 7) is 0. The first-order valence-corrected chi connectivity index (χ1v) is 17.0. The van der Waals surface area contributed by atoms with Gasteiger partial charge in [-0.15, -0.1) is 0 Å². The van der Waals surface area contributed by atoms with Crippen molar-refractivity contribution in [3.63, 3.8) is 0 Å². The number of nitrogens with zero attached hydrogens (tertiary/aromatic N) is 3. The SMILES string of the molecule is CS(=O)(=O)CCc1cc(F)cc(-c2cccc3[nH]c(-c4[nH]nc5ncc(-c6cncc(NC(=O)Cc7ccccc7)c6)cc45)cc23)c1. The van der Waals surface area contributed by atoms with Crippen molar-refractivity contribution in [1.82, 2.24) is 25.1 Å². The lowest BCUT2D eigenvalue weighted by atomic mass is 9.98. The molecule has 234 valence electrons. The first kappa shape index (κ1) is 30.0. The molecule has 0 bridgehead atoms. The Balaban J connectivity index is 1.20. The summed E-state index contributed by atoms with van der Waals surface area (Å²) in [6.07, 6.45) is 6.70. The highest BCUT2D eigenvalue weighted by Gasteiger charge is 2.16. The number of carbonyl (C=O) groups excluding carboxylic acids is 1. The Morgan fingerprint density at radius 2 is 1.68 bits per heavy atom. The Bertz CT molecular complexity index is 2390. The molecular formula is C36H29FN6O3S. The average molecular weight is 645 g/mol. The third kappa shape index (κ3) is 6.66. The van der Waals surface area contributed by atoms with Crippen LogP contribution in [0.15, 0.2) is 104 Å². The Labute approximate surface area is 269 Å². The number of hydrogen-bond donors (Lipinski definition) is 3. The molecule has 0 aliphatic heterocycles. The highest BCUT2D eigenvalue weighted by Crippen LogP contribution is 2.35. The summed E-state index contributed by atoms with van der Waals surface area (Å²) < 4.78 is 38.1. The largest absolute Gasteiger partial charge is 0.353 e. The van der Waals surface area contributed by atoms with Gasteiger partial charge in [0.05, 0.1) is 35.4 Å². The molecule has 3 aromatic carbocycles. The van der Waals surface area contributed by atoms with Crippen molar-refractivity contribution in [1.29, 1.82) is 0 Å². The fraction of sp³-hybridized carbons (Fsp3) is 0.111. The highest BCUT2D eigenvalue weighted by atomic mass is 32.2. The Hall–Kier alpha value is -5.68. The molecule has 1 amide bonds. The highest BCUT2D eigenvalue weighted by molar-refractivity contribution is 7.90. The van der Waals surface area contributed by atoms with Crippen molar-refractivity contribution >= 4 is 43.4 Å². The molecule has 9 nitrogen and oxygen atoms in total. The van der Waals surface area contributed by atoms with Crippen molar-refractivity contribution in [3.8, 4) is 33.6 Å². The molecule has 47 heavy (non-hydrogen) atoms. The van der Waals surface area contributed by atoms with Gasteiger partial charge in [-0.3, -0.25) is 14.9 Å². The minimum absolute atomic E-state index is 0.0550. The van der Waals surface area contributed by atoms with Gasteiger partial charge in [0, 0.05) is 46.1 Å². The number of benzene rings is 3. The zero-order valence-electron chi connectivity index (χ0n) is 25.3. The molecule has 0 fully saturated rings. The number of halogens is 1. The molecule has 0 saturated carbocycles. The third-order valence-corrected chi connectivity index (χ3v) is 8.88. The van der Waals surface area contributed by atoms with E-state index in [-0.39, 0.29) is 24.5 Å². The summed E-state index contributed by atoms with van der Waals surface area (Å²) in [5, 5.41) is 12.1. The Kier molecular flexibility index (Phi) is 7.82. The monoisotopic (exact) mass is 644 g/mol. The molecule has 0 spiro atoms. The van der Waals surface area contributed by atoms with Crippen molar-refractivity contribution in [2.45, 2.75) is 12.8 Å². The normalized spacial score (nSPS) is 11.7. The van der Waals surface area contributed by atoms with Crippen LogP contribution in [0.25, 0.3) is 55.6 Å². The molecular weight excluding hydrogens is 616 g/mol. The zero-order chi connectivity index (χ0) is 32.5. The van der Waals surface area contributed by atoms with Crippen LogP contribution in [0.4, 0.5) is 10.1 Å². The van der Waals surface area contributed by atoms with Gasteiger partial charge in [0.1, 0.15) is 15.7 Å². The average Bonchev–Trinajstić information content (AvgIpc) is 3.68. The maximum atomic E-state index is 14.7. The molecule has 4 aromatic heterocycles. The van der Waals surface area contributed by atoms with E-state index < -0.39 is 15.7 Å². The van der Waals surface area contributed by atoms with Crippen LogP contribution < -0.4 is 5.32 Å². The quantitative estimate of drug-likeness (QED) is 0.159. The van der Waals surface area contributed by atoms with Gasteiger partial charge in [-0.1, -0.05) is 48.5 Å². The number of sulfone groups is 1. The lowest BCUT2D eigenvalue weighted by molar-refractivity contribution is -0.115. The number of aryl methyl sites for hydroxylation is 1. The Morgan fingerprint density at radius 1 is 0.851 bits per heavy atom. The molecule has 7 rings (SSSR count). The topological polar surface area (TPSA) is 133 Å². The second-order valence-electron chi connectivity index (χ2n) is 11.5. The van der Waals surface area contributed by atoms with Gasteiger partial charge in [-0.25, -0.2) is 17.8 Å². The van der Waals surface area contributed by atoms with Crippen LogP contribution in [0.1, 0.15) is 11.1 Å². The molecule has 0 radical (unpaired) electrons. The molecule has 0 aliphatic rings. The molecule has 7 aromatic rings. The summed E-state index contributed by atoms with van der Waals surface area (Å²) in [5.41, 5.74) is 8.03.